The number of aliphatic hydroxyl groups is 1. The summed E-state index contributed by atoms with van der Waals surface area (Å²) in [5, 5.41) is 19.4. The highest BCUT2D eigenvalue weighted by Gasteiger charge is 2.24. The van der Waals surface area contributed by atoms with Gasteiger partial charge in [0.05, 0.1) is 5.39 Å². The smallest absolute Gasteiger partial charge is 0.283 e. The highest BCUT2D eigenvalue weighted by molar-refractivity contribution is 5.87. The van der Waals surface area contributed by atoms with E-state index in [4.69, 9.17) is 18.3 Å². The predicted octanol–water partition coefficient (Wildman–Crippen LogP) is 4.82. The zero-order valence-electron chi connectivity index (χ0n) is 20.2. The number of β-amino-alcohol motifs (C(OH)–C–C–N with tert-alkyl or cyclic N) is 1. The lowest BCUT2D eigenvalue weighted by atomic mass is 9.88. The van der Waals surface area contributed by atoms with Gasteiger partial charge in [0.1, 0.15) is 36.4 Å². The minimum atomic E-state index is -0.592. The molecule has 2 aliphatic heterocycles. The first-order chi connectivity index (χ1) is 17.6. The summed E-state index contributed by atoms with van der Waals surface area (Å²) in [6.07, 6.45) is 5.70. The molecule has 1 fully saturated rings. The van der Waals surface area contributed by atoms with Gasteiger partial charge in [-0.05, 0) is 61.7 Å². The molecule has 2 aromatic heterocycles. The number of aryl methyl sites for hydroxylation is 1. The lowest BCUT2D eigenvalue weighted by Crippen LogP contribution is -2.40. The number of furan rings is 1. The third-order valence-corrected chi connectivity index (χ3v) is 6.89. The fourth-order valence-electron chi connectivity index (χ4n) is 5.03. The van der Waals surface area contributed by atoms with E-state index in [1.54, 1.807) is 6.92 Å². The van der Waals surface area contributed by atoms with Crippen molar-refractivity contribution >= 4 is 17.0 Å². The first-order valence-corrected chi connectivity index (χ1v) is 12.4. The van der Waals surface area contributed by atoms with Gasteiger partial charge >= 0.3 is 0 Å². The van der Waals surface area contributed by atoms with Gasteiger partial charge in [0.15, 0.2) is 5.76 Å². The van der Waals surface area contributed by atoms with Gasteiger partial charge in [-0.1, -0.05) is 24.3 Å². The van der Waals surface area contributed by atoms with Gasteiger partial charge in [-0.15, -0.1) is 10.2 Å². The SMILES string of the molecule is Cc1nnc(-c2cc3c(OC[C@@H](O)CN4CCC(c5ccc6c(c5)OCC=C6)CC4)cccc3o2)o1. The zero-order valence-corrected chi connectivity index (χ0v) is 20.2. The van der Waals surface area contributed by atoms with Crippen molar-refractivity contribution in [2.24, 2.45) is 0 Å². The number of hydrogen-bond acceptors (Lipinski definition) is 8. The molecule has 1 N–H and O–H groups in total. The van der Waals surface area contributed by atoms with E-state index in [1.165, 1.54) is 5.56 Å². The molecule has 0 spiro atoms. The summed E-state index contributed by atoms with van der Waals surface area (Å²) in [6.45, 7) is 5.06. The van der Waals surface area contributed by atoms with E-state index in [9.17, 15) is 5.11 Å². The molecule has 0 radical (unpaired) electrons. The van der Waals surface area contributed by atoms with Crippen LogP contribution in [0, 0.1) is 6.92 Å². The Morgan fingerprint density at radius 2 is 2.00 bits per heavy atom. The average Bonchev–Trinajstić information content (AvgIpc) is 3.54. The Morgan fingerprint density at radius 3 is 2.83 bits per heavy atom. The molecule has 0 bridgehead atoms. The van der Waals surface area contributed by atoms with Crippen molar-refractivity contribution in [3.05, 3.63) is 65.6 Å². The molecule has 0 saturated carbocycles. The van der Waals surface area contributed by atoms with E-state index in [0.29, 0.717) is 47.9 Å². The Balaban J connectivity index is 1.03. The first-order valence-electron chi connectivity index (χ1n) is 12.4. The molecular weight excluding hydrogens is 458 g/mol. The largest absolute Gasteiger partial charge is 0.490 e. The molecule has 0 aliphatic carbocycles. The maximum absolute atomic E-state index is 10.7. The molecule has 186 valence electrons. The second-order valence-corrected chi connectivity index (χ2v) is 9.46. The molecule has 4 heterocycles. The van der Waals surface area contributed by atoms with Gasteiger partial charge in [0, 0.05) is 25.1 Å². The second-order valence-electron chi connectivity index (χ2n) is 9.46. The molecule has 2 aromatic carbocycles. The van der Waals surface area contributed by atoms with Gasteiger partial charge in [0.2, 0.25) is 5.89 Å². The molecule has 1 saturated heterocycles. The van der Waals surface area contributed by atoms with Gasteiger partial charge in [-0.3, -0.25) is 0 Å². The number of benzene rings is 2. The van der Waals surface area contributed by atoms with Crippen LogP contribution in [0.25, 0.3) is 28.7 Å². The Hall–Kier alpha value is -3.62. The molecule has 8 heteroatoms. The highest BCUT2D eigenvalue weighted by Crippen LogP contribution is 2.34. The fourth-order valence-corrected chi connectivity index (χ4v) is 5.03. The number of nitrogens with zero attached hydrogens (tertiary/aromatic N) is 3. The number of aliphatic hydroxyl groups excluding tert-OH is 1. The number of piperidine rings is 1. The number of ether oxygens (including phenoxy) is 2. The van der Waals surface area contributed by atoms with Crippen molar-refractivity contribution in [1.82, 2.24) is 15.1 Å². The summed E-state index contributed by atoms with van der Waals surface area (Å²) in [5.41, 5.74) is 3.16. The molecule has 0 amide bonds. The van der Waals surface area contributed by atoms with Crippen LogP contribution in [0.5, 0.6) is 11.5 Å². The van der Waals surface area contributed by atoms with Crippen LogP contribution in [0.4, 0.5) is 0 Å². The van der Waals surface area contributed by atoms with E-state index in [2.05, 4.69) is 39.4 Å². The van der Waals surface area contributed by atoms with Crippen molar-refractivity contribution < 1.29 is 23.4 Å². The topological polar surface area (TPSA) is 94.0 Å². The minimum Gasteiger partial charge on any atom is -0.490 e. The normalized spacial score (nSPS) is 17.2. The first kappa shape index (κ1) is 22.8. The number of likely N-dealkylation sites (tertiary alicyclic amines) is 1. The molecule has 36 heavy (non-hydrogen) atoms. The van der Waals surface area contributed by atoms with E-state index in [-0.39, 0.29) is 6.61 Å². The van der Waals surface area contributed by atoms with E-state index >= 15 is 0 Å². The maximum atomic E-state index is 10.7. The molecule has 2 aliphatic rings. The van der Waals surface area contributed by atoms with Crippen LogP contribution in [0.2, 0.25) is 0 Å². The van der Waals surface area contributed by atoms with Crippen LogP contribution in [-0.4, -0.2) is 59.2 Å². The van der Waals surface area contributed by atoms with E-state index in [1.807, 2.05) is 30.3 Å². The van der Waals surface area contributed by atoms with Gasteiger partial charge in [0.25, 0.3) is 5.89 Å². The summed E-state index contributed by atoms with van der Waals surface area (Å²) in [4.78, 5) is 2.32. The molecule has 4 aromatic rings. The van der Waals surface area contributed by atoms with Crippen LogP contribution in [0.1, 0.15) is 35.8 Å². The highest BCUT2D eigenvalue weighted by atomic mass is 16.5. The Kier molecular flexibility index (Phi) is 6.21. The summed E-state index contributed by atoms with van der Waals surface area (Å²) in [7, 11) is 0. The number of fused-ring (bicyclic) bond motifs is 2. The third-order valence-electron chi connectivity index (χ3n) is 6.89. The summed E-state index contributed by atoms with van der Waals surface area (Å²) in [6, 6.07) is 14.0. The Bertz CT molecular complexity index is 1380. The van der Waals surface area contributed by atoms with Crippen LogP contribution < -0.4 is 9.47 Å². The minimum absolute atomic E-state index is 0.203. The Labute approximate surface area is 209 Å². The third kappa shape index (κ3) is 4.74. The maximum Gasteiger partial charge on any atom is 0.283 e. The summed E-state index contributed by atoms with van der Waals surface area (Å²) < 4.78 is 23.1. The van der Waals surface area contributed by atoms with Crippen LogP contribution in [0.15, 0.2) is 57.4 Å². The monoisotopic (exact) mass is 487 g/mol. The standard InChI is InChI=1S/C28H29N3O5/c1-18-29-30-28(35-18)27-15-23-24(5-2-6-25(23)36-27)34-17-22(32)16-31-11-9-19(10-12-31)21-8-7-20-4-3-13-33-26(20)14-21/h2-8,14-15,19,22,32H,9-13,16-17H2,1H3/t22-/m0/s1. The fraction of sp³-hybridized carbons (Fsp3) is 0.357. The van der Waals surface area contributed by atoms with Gasteiger partial charge in [-0.2, -0.15) is 0 Å². The molecule has 6 rings (SSSR count). The zero-order chi connectivity index (χ0) is 24.5. The number of rotatable bonds is 7. The van der Waals surface area contributed by atoms with Crippen molar-refractivity contribution in [1.29, 1.82) is 0 Å². The van der Waals surface area contributed by atoms with Crippen molar-refractivity contribution in [3.63, 3.8) is 0 Å². The van der Waals surface area contributed by atoms with Crippen molar-refractivity contribution in [2.75, 3.05) is 32.8 Å². The quantitative estimate of drug-likeness (QED) is 0.397. The molecule has 1 atom stereocenters. The molecular formula is C28H29N3O5. The van der Waals surface area contributed by atoms with Crippen molar-refractivity contribution in [3.8, 4) is 23.1 Å². The van der Waals surface area contributed by atoms with Crippen molar-refractivity contribution in [2.45, 2.75) is 31.8 Å². The van der Waals surface area contributed by atoms with Crippen LogP contribution >= 0.6 is 0 Å². The lowest BCUT2D eigenvalue weighted by molar-refractivity contribution is 0.0599. The average molecular weight is 488 g/mol. The number of hydrogen-bond donors (Lipinski definition) is 1. The molecule has 8 nitrogen and oxygen atoms in total. The van der Waals surface area contributed by atoms with E-state index < -0.39 is 6.10 Å². The lowest BCUT2D eigenvalue weighted by Gasteiger charge is -2.33. The van der Waals surface area contributed by atoms with Crippen LogP contribution in [0.3, 0.4) is 0 Å². The van der Waals surface area contributed by atoms with E-state index in [0.717, 1.165) is 42.6 Å². The van der Waals surface area contributed by atoms with Gasteiger partial charge < -0.3 is 28.3 Å². The summed E-state index contributed by atoms with van der Waals surface area (Å²) >= 11 is 0. The van der Waals surface area contributed by atoms with Crippen LogP contribution in [-0.2, 0) is 0 Å². The predicted molar refractivity (Wildman–Crippen MR) is 135 cm³/mol. The molecule has 0 unspecified atom stereocenters. The summed E-state index contributed by atoms with van der Waals surface area (Å²) in [5.74, 6) is 3.45. The second kappa shape index (κ2) is 9.79. The number of aromatic nitrogens is 2. The Morgan fingerprint density at radius 1 is 1.11 bits per heavy atom. The van der Waals surface area contributed by atoms with Gasteiger partial charge in [-0.25, -0.2) is 0 Å².